The summed E-state index contributed by atoms with van der Waals surface area (Å²) in [5.41, 5.74) is 6.85. The fraction of sp³-hybridized carbons (Fsp3) is 0.525. The molecule has 0 aliphatic carbocycles. The lowest BCUT2D eigenvalue weighted by atomic mass is 10.1. The number of rotatable bonds is 5. The fourth-order valence-corrected chi connectivity index (χ4v) is 6.03. The van der Waals surface area contributed by atoms with Crippen molar-refractivity contribution < 1.29 is 38.3 Å². The summed E-state index contributed by atoms with van der Waals surface area (Å²) in [6, 6.07) is 16.6. The molecule has 0 spiro atoms. The van der Waals surface area contributed by atoms with Gasteiger partial charge in [-0.1, -0.05) is 74.9 Å². The SMILES string of the molecule is CC.CCC1C(=O)NC(C)C(=O)N2CCCC2C(=O)OCCC(=O)N2CCCC2C(=O)N1C.CNCC(N)=O.Cc1ccccc1.O=CNc1ccccc1. The molecule has 5 N–H and O–H groups in total. The first-order chi connectivity index (χ1) is 26.4. The Morgan fingerprint density at radius 3 is 1.96 bits per heavy atom. The van der Waals surface area contributed by atoms with Crippen LogP contribution in [0, 0.1) is 6.92 Å². The molecule has 15 nitrogen and oxygen atoms in total. The normalized spacial score (nSPS) is 21.2. The van der Waals surface area contributed by atoms with E-state index in [9.17, 15) is 33.6 Å². The van der Waals surface area contributed by atoms with Gasteiger partial charge in [0.15, 0.2) is 0 Å². The minimum atomic E-state index is -0.837. The van der Waals surface area contributed by atoms with E-state index in [1.54, 1.807) is 27.9 Å². The number of amides is 6. The second kappa shape index (κ2) is 26.5. The number of nitrogens with one attached hydrogen (secondary N) is 3. The maximum atomic E-state index is 13.1. The standard InChI is InChI=1S/C21H32N4O6.C7H7NO.C7H8.C3H8N2O.C2H6/c1-4-14-18(27)22-13(2)19(28)25-11-6-8-16(25)21(30)31-12-9-17(26)24-10-5-7-15(24)20(29)23(14)3;9-6-8-7-4-2-1-3-5-7;1-7-5-3-2-4-6-7;1-5-2-3(4)6;1-2/h13-16H,4-12H2,1-3H3,(H,22,27);1-6H,(H,8,9);2-6H,1H3;5H,2H2,1H3,(H2,4,6);1-2H3. The van der Waals surface area contributed by atoms with Gasteiger partial charge in [0, 0.05) is 25.8 Å². The van der Waals surface area contributed by atoms with Gasteiger partial charge in [-0.05, 0) is 65.1 Å². The number of hydrogen-bond acceptors (Lipinski definition) is 9. The van der Waals surface area contributed by atoms with Crippen LogP contribution >= 0.6 is 0 Å². The molecule has 0 aromatic heterocycles. The number of ether oxygens (including phenoxy) is 1. The van der Waals surface area contributed by atoms with Gasteiger partial charge in [0.25, 0.3) is 0 Å². The van der Waals surface area contributed by atoms with E-state index >= 15 is 0 Å². The zero-order chi connectivity index (χ0) is 41.3. The van der Waals surface area contributed by atoms with Crippen LogP contribution in [0.2, 0.25) is 0 Å². The van der Waals surface area contributed by atoms with Gasteiger partial charge < -0.3 is 41.1 Å². The number of para-hydroxylation sites is 1. The van der Waals surface area contributed by atoms with Crippen molar-refractivity contribution in [1.29, 1.82) is 0 Å². The Labute approximate surface area is 325 Å². The van der Waals surface area contributed by atoms with Crippen molar-refractivity contribution in [1.82, 2.24) is 25.3 Å². The molecule has 3 saturated heterocycles. The van der Waals surface area contributed by atoms with Gasteiger partial charge in [0.1, 0.15) is 30.8 Å². The molecule has 5 rings (SSSR count). The van der Waals surface area contributed by atoms with Crippen LogP contribution in [-0.2, 0) is 38.3 Å². The average molecular weight is 768 g/mol. The summed E-state index contributed by atoms with van der Waals surface area (Å²) in [7, 11) is 3.23. The van der Waals surface area contributed by atoms with Gasteiger partial charge >= 0.3 is 5.97 Å². The van der Waals surface area contributed by atoms with E-state index in [0.29, 0.717) is 51.6 Å². The Morgan fingerprint density at radius 1 is 0.909 bits per heavy atom. The van der Waals surface area contributed by atoms with Crippen molar-refractivity contribution in [3.05, 3.63) is 66.2 Å². The molecule has 3 aliphatic rings. The predicted molar refractivity (Wildman–Crippen MR) is 211 cm³/mol. The highest BCUT2D eigenvalue weighted by Crippen LogP contribution is 2.23. The molecule has 3 heterocycles. The third kappa shape index (κ3) is 16.3. The lowest BCUT2D eigenvalue weighted by Crippen LogP contribution is -2.57. The van der Waals surface area contributed by atoms with Crippen LogP contribution in [0.1, 0.15) is 71.8 Å². The zero-order valence-corrected chi connectivity index (χ0v) is 33.4. The Morgan fingerprint density at radius 2 is 1.47 bits per heavy atom. The molecule has 2 aromatic carbocycles. The number of likely N-dealkylation sites (N-methyl/N-ethyl adjacent to an activating group) is 2. The number of carbonyl (C=O) groups excluding carboxylic acids is 7. The number of nitrogens with zero attached hydrogens (tertiary/aromatic N) is 3. The summed E-state index contributed by atoms with van der Waals surface area (Å²) in [4.78, 5) is 88.2. The quantitative estimate of drug-likeness (QED) is 0.261. The molecule has 3 fully saturated rings. The van der Waals surface area contributed by atoms with Crippen molar-refractivity contribution >= 4 is 47.6 Å². The second-order valence-corrected chi connectivity index (χ2v) is 12.7. The molecule has 304 valence electrons. The lowest BCUT2D eigenvalue weighted by molar-refractivity contribution is -0.156. The molecular weight excluding hydrogens is 706 g/mol. The summed E-state index contributed by atoms with van der Waals surface area (Å²) in [5.74, 6) is -2.20. The maximum Gasteiger partial charge on any atom is 0.328 e. The van der Waals surface area contributed by atoms with E-state index < -0.39 is 36.0 Å². The monoisotopic (exact) mass is 767 g/mol. The van der Waals surface area contributed by atoms with E-state index in [1.807, 2.05) is 62.4 Å². The lowest BCUT2D eigenvalue weighted by Gasteiger charge is -2.33. The molecule has 0 bridgehead atoms. The van der Waals surface area contributed by atoms with E-state index in [-0.39, 0.29) is 43.2 Å². The molecule has 4 unspecified atom stereocenters. The average Bonchev–Trinajstić information content (AvgIpc) is 3.88. The van der Waals surface area contributed by atoms with Crippen molar-refractivity contribution in [2.24, 2.45) is 5.73 Å². The summed E-state index contributed by atoms with van der Waals surface area (Å²) < 4.78 is 5.30. The number of benzene rings is 2. The molecule has 55 heavy (non-hydrogen) atoms. The predicted octanol–water partition coefficient (Wildman–Crippen LogP) is 2.62. The number of fused-ring (bicyclic) bond motifs is 2. The van der Waals surface area contributed by atoms with Crippen LogP contribution in [-0.4, -0.2) is 121 Å². The zero-order valence-electron chi connectivity index (χ0n) is 33.4. The Hall–Kier alpha value is -5.31. The van der Waals surface area contributed by atoms with E-state index in [0.717, 1.165) is 5.69 Å². The molecule has 2 aromatic rings. The van der Waals surface area contributed by atoms with Crippen LogP contribution in [0.3, 0.4) is 0 Å². The number of nitrogens with two attached hydrogens (primary N) is 1. The second-order valence-electron chi connectivity index (χ2n) is 12.7. The van der Waals surface area contributed by atoms with E-state index in [2.05, 4.69) is 35.0 Å². The third-order valence-electron chi connectivity index (χ3n) is 8.75. The molecule has 15 heteroatoms. The first-order valence-corrected chi connectivity index (χ1v) is 18.9. The van der Waals surface area contributed by atoms with Gasteiger partial charge in [-0.15, -0.1) is 0 Å². The van der Waals surface area contributed by atoms with Crippen LogP contribution in [0.25, 0.3) is 0 Å². The van der Waals surface area contributed by atoms with Crippen molar-refractivity contribution in [3.63, 3.8) is 0 Å². The fourth-order valence-electron chi connectivity index (χ4n) is 6.03. The van der Waals surface area contributed by atoms with Crippen LogP contribution in [0.4, 0.5) is 5.69 Å². The first kappa shape index (κ1) is 47.7. The maximum absolute atomic E-state index is 13.1. The molecule has 0 saturated carbocycles. The number of anilines is 1. The number of primary amides is 1. The van der Waals surface area contributed by atoms with E-state index in [4.69, 9.17) is 10.5 Å². The van der Waals surface area contributed by atoms with Gasteiger partial charge in [0.2, 0.25) is 35.9 Å². The number of carbonyl (C=O) groups is 7. The topological polar surface area (TPSA) is 201 Å². The van der Waals surface area contributed by atoms with Crippen molar-refractivity contribution in [2.75, 3.05) is 45.7 Å². The minimum Gasteiger partial charge on any atom is -0.464 e. The number of esters is 1. The highest BCUT2D eigenvalue weighted by Gasteiger charge is 2.41. The molecule has 6 amide bonds. The number of cyclic esters (lactones) is 1. The smallest absolute Gasteiger partial charge is 0.328 e. The molecular formula is C40H61N7O8. The van der Waals surface area contributed by atoms with Crippen LogP contribution in [0.15, 0.2) is 60.7 Å². The summed E-state index contributed by atoms with van der Waals surface area (Å²) in [5, 5.41) is 7.82. The Balaban J connectivity index is 0.000000505. The third-order valence-corrected chi connectivity index (χ3v) is 8.75. The minimum absolute atomic E-state index is 0.0198. The summed E-state index contributed by atoms with van der Waals surface area (Å²) in [6.45, 7) is 10.5. The van der Waals surface area contributed by atoms with Gasteiger partial charge in [-0.2, -0.15) is 0 Å². The Kier molecular flexibility index (Phi) is 23.0. The molecule has 4 atom stereocenters. The first-order valence-electron chi connectivity index (χ1n) is 18.9. The van der Waals surface area contributed by atoms with Gasteiger partial charge in [-0.25, -0.2) is 4.79 Å². The summed E-state index contributed by atoms with van der Waals surface area (Å²) >= 11 is 0. The van der Waals surface area contributed by atoms with Crippen LogP contribution in [0.5, 0.6) is 0 Å². The highest BCUT2D eigenvalue weighted by atomic mass is 16.5. The largest absolute Gasteiger partial charge is 0.464 e. The van der Waals surface area contributed by atoms with E-state index in [1.165, 1.54) is 20.3 Å². The Bertz CT molecular complexity index is 1490. The molecule has 3 aliphatic heterocycles. The van der Waals surface area contributed by atoms with Crippen LogP contribution < -0.4 is 21.7 Å². The number of hydrogen-bond donors (Lipinski definition) is 4. The van der Waals surface area contributed by atoms with Crippen molar-refractivity contribution in [2.45, 2.75) is 97.3 Å². The highest BCUT2D eigenvalue weighted by molar-refractivity contribution is 5.95. The van der Waals surface area contributed by atoms with Gasteiger partial charge in [-0.3, -0.25) is 28.8 Å². The van der Waals surface area contributed by atoms with Gasteiger partial charge in [0.05, 0.1) is 13.0 Å². The summed E-state index contributed by atoms with van der Waals surface area (Å²) in [6.07, 6.45) is 3.38. The van der Waals surface area contributed by atoms with Crippen molar-refractivity contribution in [3.8, 4) is 0 Å². The number of aryl methyl sites for hydroxylation is 1. The molecule has 0 radical (unpaired) electrons.